The van der Waals surface area contributed by atoms with Gasteiger partial charge in [-0.05, 0) is 31.0 Å². The van der Waals surface area contributed by atoms with Gasteiger partial charge in [-0.15, -0.1) is 0 Å². The van der Waals surface area contributed by atoms with Crippen LogP contribution in [-0.4, -0.2) is 47.9 Å². The quantitative estimate of drug-likeness (QED) is 0.789. The van der Waals surface area contributed by atoms with Gasteiger partial charge in [0.05, 0.1) is 10.6 Å². The van der Waals surface area contributed by atoms with E-state index in [4.69, 9.17) is 11.6 Å². The molecule has 0 N–H and O–H groups in total. The average molecular weight is 372 g/mol. The monoisotopic (exact) mass is 370 g/mol. The SMILES string of the molecule is O=C(c1cc(Br)ccc1Cl)N1CCN(C2CCCC2)CC1. The molecule has 1 amide bonds. The lowest BCUT2D eigenvalue weighted by molar-refractivity contribution is 0.0573. The van der Waals surface area contributed by atoms with Crippen LogP contribution in [0.4, 0.5) is 0 Å². The summed E-state index contributed by atoms with van der Waals surface area (Å²) in [6.45, 7) is 3.58. The van der Waals surface area contributed by atoms with Gasteiger partial charge in [0.2, 0.25) is 0 Å². The molecule has 1 heterocycles. The topological polar surface area (TPSA) is 23.6 Å². The molecule has 1 saturated heterocycles. The molecule has 0 atom stereocenters. The second-order valence-electron chi connectivity index (χ2n) is 5.89. The van der Waals surface area contributed by atoms with Crippen LogP contribution in [-0.2, 0) is 0 Å². The van der Waals surface area contributed by atoms with E-state index in [1.165, 1.54) is 25.7 Å². The van der Waals surface area contributed by atoms with E-state index < -0.39 is 0 Å². The highest BCUT2D eigenvalue weighted by Gasteiger charge is 2.28. The van der Waals surface area contributed by atoms with Gasteiger partial charge >= 0.3 is 0 Å². The number of nitrogens with zero attached hydrogens (tertiary/aromatic N) is 2. The molecule has 1 aliphatic heterocycles. The van der Waals surface area contributed by atoms with Gasteiger partial charge in [0.15, 0.2) is 0 Å². The van der Waals surface area contributed by atoms with Crippen molar-refractivity contribution in [3.8, 4) is 0 Å². The second kappa shape index (κ2) is 6.67. The van der Waals surface area contributed by atoms with Gasteiger partial charge in [-0.3, -0.25) is 9.69 Å². The van der Waals surface area contributed by atoms with Crippen LogP contribution in [0.25, 0.3) is 0 Å². The van der Waals surface area contributed by atoms with E-state index in [1.54, 1.807) is 6.07 Å². The maximum absolute atomic E-state index is 12.6. The minimum Gasteiger partial charge on any atom is -0.336 e. The third-order valence-corrected chi connectivity index (χ3v) is 5.42. The first-order valence-electron chi connectivity index (χ1n) is 7.63. The predicted octanol–water partition coefficient (Wildman–Crippen LogP) is 3.80. The predicted molar refractivity (Wildman–Crippen MR) is 88.9 cm³/mol. The van der Waals surface area contributed by atoms with Crippen molar-refractivity contribution in [2.45, 2.75) is 31.7 Å². The lowest BCUT2D eigenvalue weighted by Gasteiger charge is -2.38. The number of carbonyl (C=O) groups is 1. The highest BCUT2D eigenvalue weighted by atomic mass is 79.9. The van der Waals surface area contributed by atoms with Crippen molar-refractivity contribution in [2.75, 3.05) is 26.2 Å². The van der Waals surface area contributed by atoms with E-state index >= 15 is 0 Å². The largest absolute Gasteiger partial charge is 0.336 e. The molecule has 0 radical (unpaired) electrons. The van der Waals surface area contributed by atoms with Crippen LogP contribution in [0.1, 0.15) is 36.0 Å². The van der Waals surface area contributed by atoms with E-state index in [2.05, 4.69) is 20.8 Å². The van der Waals surface area contributed by atoms with Crippen molar-refractivity contribution in [2.24, 2.45) is 0 Å². The Morgan fingerprint density at radius 3 is 2.48 bits per heavy atom. The molecule has 1 aliphatic carbocycles. The number of hydrogen-bond donors (Lipinski definition) is 0. The third-order valence-electron chi connectivity index (χ3n) is 4.60. The Balaban J connectivity index is 1.63. The van der Waals surface area contributed by atoms with Crippen LogP contribution in [0.2, 0.25) is 5.02 Å². The molecule has 114 valence electrons. The van der Waals surface area contributed by atoms with Crippen molar-refractivity contribution >= 4 is 33.4 Å². The molecule has 0 aromatic heterocycles. The molecule has 1 aromatic rings. The fourth-order valence-electron chi connectivity index (χ4n) is 3.39. The number of hydrogen-bond acceptors (Lipinski definition) is 2. The molecular weight excluding hydrogens is 352 g/mol. The summed E-state index contributed by atoms with van der Waals surface area (Å²) in [6.07, 6.45) is 5.37. The normalized spacial score (nSPS) is 21.0. The Morgan fingerprint density at radius 1 is 1.14 bits per heavy atom. The van der Waals surface area contributed by atoms with Crippen LogP contribution in [0, 0.1) is 0 Å². The number of halogens is 2. The first-order chi connectivity index (χ1) is 10.1. The highest BCUT2D eigenvalue weighted by Crippen LogP contribution is 2.26. The van der Waals surface area contributed by atoms with Crippen molar-refractivity contribution in [1.29, 1.82) is 0 Å². The second-order valence-corrected chi connectivity index (χ2v) is 7.21. The maximum Gasteiger partial charge on any atom is 0.255 e. The minimum absolute atomic E-state index is 0.0485. The van der Waals surface area contributed by atoms with Crippen molar-refractivity contribution in [1.82, 2.24) is 9.80 Å². The first kappa shape index (κ1) is 15.3. The Hall–Kier alpha value is -0.580. The van der Waals surface area contributed by atoms with E-state index in [0.717, 1.165) is 36.7 Å². The molecular formula is C16H20BrClN2O. The number of carbonyl (C=O) groups excluding carboxylic acids is 1. The molecule has 5 heteroatoms. The smallest absolute Gasteiger partial charge is 0.255 e. The van der Waals surface area contributed by atoms with Gasteiger partial charge in [-0.1, -0.05) is 40.4 Å². The lowest BCUT2D eigenvalue weighted by atomic mass is 10.1. The molecule has 0 spiro atoms. The summed E-state index contributed by atoms with van der Waals surface area (Å²) in [7, 11) is 0. The van der Waals surface area contributed by atoms with Gasteiger partial charge < -0.3 is 4.90 Å². The molecule has 1 saturated carbocycles. The molecule has 21 heavy (non-hydrogen) atoms. The number of rotatable bonds is 2. The summed E-state index contributed by atoms with van der Waals surface area (Å²) >= 11 is 9.57. The van der Waals surface area contributed by atoms with Crippen LogP contribution >= 0.6 is 27.5 Å². The number of benzene rings is 1. The number of amides is 1. The minimum atomic E-state index is 0.0485. The third kappa shape index (κ3) is 3.43. The van der Waals surface area contributed by atoms with Gasteiger partial charge in [-0.2, -0.15) is 0 Å². The molecule has 3 nitrogen and oxygen atoms in total. The average Bonchev–Trinajstić information content (AvgIpc) is 3.03. The van der Waals surface area contributed by atoms with E-state index in [0.29, 0.717) is 10.6 Å². The van der Waals surface area contributed by atoms with E-state index in [-0.39, 0.29) is 5.91 Å². The van der Waals surface area contributed by atoms with Crippen LogP contribution in [0.5, 0.6) is 0 Å². The Labute approximate surface area is 139 Å². The summed E-state index contributed by atoms with van der Waals surface area (Å²) < 4.78 is 0.889. The lowest BCUT2D eigenvalue weighted by Crippen LogP contribution is -2.51. The standard InChI is InChI=1S/C16H20BrClN2O/c17-12-5-6-15(18)14(11-12)16(21)20-9-7-19(8-10-20)13-3-1-2-4-13/h5-6,11,13H,1-4,7-10H2. The zero-order chi connectivity index (χ0) is 14.8. The van der Waals surface area contributed by atoms with Crippen LogP contribution in [0.3, 0.4) is 0 Å². The zero-order valence-corrected chi connectivity index (χ0v) is 14.4. The van der Waals surface area contributed by atoms with Crippen molar-refractivity contribution in [3.05, 3.63) is 33.3 Å². The molecule has 0 unspecified atom stereocenters. The Morgan fingerprint density at radius 2 is 1.81 bits per heavy atom. The van der Waals surface area contributed by atoms with E-state index in [9.17, 15) is 4.79 Å². The Bertz CT molecular complexity index is 523. The Kier molecular flexibility index (Phi) is 4.87. The summed E-state index contributed by atoms with van der Waals surface area (Å²) in [4.78, 5) is 17.1. The van der Waals surface area contributed by atoms with Crippen molar-refractivity contribution < 1.29 is 4.79 Å². The van der Waals surface area contributed by atoms with Crippen LogP contribution in [0.15, 0.2) is 22.7 Å². The molecule has 2 fully saturated rings. The van der Waals surface area contributed by atoms with Gasteiger partial charge in [0.1, 0.15) is 0 Å². The summed E-state index contributed by atoms with van der Waals surface area (Å²) in [5.41, 5.74) is 0.598. The maximum atomic E-state index is 12.6. The number of piperazine rings is 1. The zero-order valence-electron chi connectivity index (χ0n) is 12.0. The summed E-state index contributed by atoms with van der Waals surface area (Å²) in [6, 6.07) is 6.19. The van der Waals surface area contributed by atoms with Gasteiger partial charge in [0.25, 0.3) is 5.91 Å². The molecule has 2 aliphatic rings. The van der Waals surface area contributed by atoms with Crippen molar-refractivity contribution in [3.63, 3.8) is 0 Å². The van der Waals surface area contributed by atoms with Gasteiger partial charge in [-0.25, -0.2) is 0 Å². The fourth-order valence-corrected chi connectivity index (χ4v) is 3.95. The molecule has 3 rings (SSSR count). The fraction of sp³-hybridized carbons (Fsp3) is 0.562. The summed E-state index contributed by atoms with van der Waals surface area (Å²) in [5, 5.41) is 0.529. The first-order valence-corrected chi connectivity index (χ1v) is 8.80. The van der Waals surface area contributed by atoms with E-state index in [1.807, 2.05) is 17.0 Å². The van der Waals surface area contributed by atoms with Gasteiger partial charge in [0, 0.05) is 36.7 Å². The molecule has 0 bridgehead atoms. The highest BCUT2D eigenvalue weighted by molar-refractivity contribution is 9.10. The summed E-state index contributed by atoms with van der Waals surface area (Å²) in [5.74, 6) is 0.0485. The molecule has 1 aromatic carbocycles. The van der Waals surface area contributed by atoms with Crippen LogP contribution < -0.4 is 0 Å².